The quantitative estimate of drug-likeness (QED) is 0.790. The van der Waals surface area contributed by atoms with Crippen molar-refractivity contribution in [2.45, 2.75) is 6.61 Å². The number of hydrogen-bond acceptors (Lipinski definition) is 2. The predicted octanol–water partition coefficient (Wildman–Crippen LogP) is 3.11. The van der Waals surface area contributed by atoms with E-state index >= 15 is 0 Å². The molecule has 1 radical (unpaired) electrons. The molecule has 1 aromatic heterocycles. The lowest BCUT2D eigenvalue weighted by atomic mass is 10.2. The van der Waals surface area contributed by atoms with Gasteiger partial charge in [-0.3, -0.25) is 0 Å². The zero-order valence-corrected chi connectivity index (χ0v) is 8.74. The van der Waals surface area contributed by atoms with E-state index in [1.807, 2.05) is 30.3 Å². The molecule has 75 valence electrons. The molecule has 0 aliphatic carbocycles. The first kappa shape index (κ1) is 9.99. The van der Waals surface area contributed by atoms with Crippen molar-refractivity contribution >= 4 is 11.6 Å². The van der Waals surface area contributed by atoms with E-state index in [0.29, 0.717) is 17.5 Å². The highest BCUT2D eigenvalue weighted by atomic mass is 35.5. The molecule has 15 heavy (non-hydrogen) atoms. The highest BCUT2D eigenvalue weighted by molar-refractivity contribution is 6.31. The number of benzene rings is 1. The third-order valence-electron chi connectivity index (χ3n) is 1.89. The number of pyridine rings is 1. The summed E-state index contributed by atoms with van der Waals surface area (Å²) < 4.78 is 5.45. The molecule has 0 fully saturated rings. The van der Waals surface area contributed by atoms with Crippen LogP contribution in [0.25, 0.3) is 0 Å². The summed E-state index contributed by atoms with van der Waals surface area (Å²) in [6.07, 6.45) is 2.68. The van der Waals surface area contributed by atoms with E-state index in [9.17, 15) is 0 Å². The summed E-state index contributed by atoms with van der Waals surface area (Å²) in [6.45, 7) is 0.464. The van der Waals surface area contributed by atoms with Crippen LogP contribution in [0, 0.1) is 6.20 Å². The van der Waals surface area contributed by atoms with Crippen molar-refractivity contribution in [3.63, 3.8) is 0 Å². The smallest absolute Gasteiger partial charge is 0.233 e. The first-order chi connectivity index (χ1) is 7.36. The second-order valence-corrected chi connectivity index (χ2v) is 3.41. The van der Waals surface area contributed by atoms with Crippen molar-refractivity contribution in [3.8, 4) is 5.88 Å². The van der Waals surface area contributed by atoms with Crippen LogP contribution >= 0.6 is 11.6 Å². The van der Waals surface area contributed by atoms with Gasteiger partial charge in [-0.1, -0.05) is 41.9 Å². The van der Waals surface area contributed by atoms with Crippen molar-refractivity contribution in [3.05, 3.63) is 59.2 Å². The van der Waals surface area contributed by atoms with Crippen LogP contribution in [0.3, 0.4) is 0 Å². The molecule has 1 heterocycles. The Morgan fingerprint density at radius 2 is 2.00 bits per heavy atom. The average Bonchev–Trinajstić information content (AvgIpc) is 2.29. The van der Waals surface area contributed by atoms with Gasteiger partial charge in [0.05, 0.1) is 6.20 Å². The van der Waals surface area contributed by atoms with Gasteiger partial charge in [0.15, 0.2) is 0 Å². The van der Waals surface area contributed by atoms with Crippen LogP contribution < -0.4 is 4.74 Å². The minimum absolute atomic E-state index is 0.419. The molecule has 2 rings (SSSR count). The molecular weight excluding hydrogens is 210 g/mol. The lowest BCUT2D eigenvalue weighted by molar-refractivity contribution is 0.294. The Bertz CT molecular complexity index is 431. The number of hydrogen-bond donors (Lipinski definition) is 0. The number of halogens is 1. The van der Waals surface area contributed by atoms with Crippen LogP contribution in [0.1, 0.15) is 5.56 Å². The Kier molecular flexibility index (Phi) is 3.20. The summed E-state index contributed by atoms with van der Waals surface area (Å²) >= 11 is 5.88. The van der Waals surface area contributed by atoms with Crippen LogP contribution in [-0.4, -0.2) is 4.98 Å². The standard InChI is InChI=1S/C12H9ClNO/c13-11-7-4-8-14-12(11)15-9-10-5-2-1-3-6-10/h1-7H,9H2. The SMILES string of the molecule is Clc1cc[c]nc1OCc1ccccc1. The molecule has 0 spiro atoms. The van der Waals surface area contributed by atoms with E-state index in [1.54, 1.807) is 12.1 Å². The fourth-order valence-electron chi connectivity index (χ4n) is 1.16. The van der Waals surface area contributed by atoms with Gasteiger partial charge < -0.3 is 4.74 Å². The van der Waals surface area contributed by atoms with Gasteiger partial charge in [-0.25, -0.2) is 4.98 Å². The first-order valence-corrected chi connectivity index (χ1v) is 4.93. The van der Waals surface area contributed by atoms with Gasteiger partial charge in [-0.15, -0.1) is 0 Å². The Labute approximate surface area is 93.5 Å². The van der Waals surface area contributed by atoms with Gasteiger partial charge >= 0.3 is 0 Å². The summed E-state index contributed by atoms with van der Waals surface area (Å²) in [5, 5.41) is 0.504. The normalized spacial score (nSPS) is 9.93. The Morgan fingerprint density at radius 3 is 2.73 bits per heavy atom. The monoisotopic (exact) mass is 218 g/mol. The molecule has 0 unspecified atom stereocenters. The van der Waals surface area contributed by atoms with Crippen molar-refractivity contribution < 1.29 is 4.74 Å². The van der Waals surface area contributed by atoms with Gasteiger partial charge in [0.1, 0.15) is 11.6 Å². The van der Waals surface area contributed by atoms with Crippen molar-refractivity contribution in [1.82, 2.24) is 4.98 Å². The molecule has 3 heteroatoms. The largest absolute Gasteiger partial charge is 0.472 e. The fraction of sp³-hybridized carbons (Fsp3) is 0.0833. The van der Waals surface area contributed by atoms with Crippen LogP contribution in [0.5, 0.6) is 5.88 Å². The van der Waals surface area contributed by atoms with E-state index in [0.717, 1.165) is 5.56 Å². The van der Waals surface area contributed by atoms with Crippen LogP contribution in [-0.2, 0) is 6.61 Å². The number of ether oxygens (including phenoxy) is 1. The summed E-state index contributed by atoms with van der Waals surface area (Å²) in [7, 11) is 0. The highest BCUT2D eigenvalue weighted by Crippen LogP contribution is 2.20. The van der Waals surface area contributed by atoms with Gasteiger partial charge in [-0.2, -0.15) is 0 Å². The molecule has 0 aliphatic heterocycles. The third-order valence-corrected chi connectivity index (χ3v) is 2.18. The molecule has 0 atom stereocenters. The minimum Gasteiger partial charge on any atom is -0.472 e. The van der Waals surface area contributed by atoms with E-state index < -0.39 is 0 Å². The molecule has 0 aliphatic rings. The topological polar surface area (TPSA) is 22.1 Å². The molecule has 0 amide bonds. The van der Waals surface area contributed by atoms with Gasteiger partial charge in [0.25, 0.3) is 0 Å². The zero-order chi connectivity index (χ0) is 10.5. The van der Waals surface area contributed by atoms with Gasteiger partial charge in [-0.05, 0) is 17.7 Å². The lowest BCUT2D eigenvalue weighted by Gasteiger charge is -2.05. The van der Waals surface area contributed by atoms with Gasteiger partial charge in [0, 0.05) is 0 Å². The van der Waals surface area contributed by atoms with Crippen molar-refractivity contribution in [2.24, 2.45) is 0 Å². The maximum absolute atomic E-state index is 5.88. The fourth-order valence-corrected chi connectivity index (χ4v) is 1.32. The molecule has 0 saturated heterocycles. The molecule has 2 nitrogen and oxygen atoms in total. The Morgan fingerprint density at radius 1 is 1.20 bits per heavy atom. The minimum atomic E-state index is 0.419. The molecule has 0 bridgehead atoms. The van der Waals surface area contributed by atoms with E-state index in [2.05, 4.69) is 11.2 Å². The first-order valence-electron chi connectivity index (χ1n) is 4.55. The maximum Gasteiger partial charge on any atom is 0.233 e. The second-order valence-electron chi connectivity index (χ2n) is 3.00. The van der Waals surface area contributed by atoms with Crippen LogP contribution in [0.2, 0.25) is 5.02 Å². The van der Waals surface area contributed by atoms with Gasteiger partial charge in [0.2, 0.25) is 5.88 Å². The molecule has 2 aromatic rings. The Balaban J connectivity index is 2.03. The molecule has 1 aromatic carbocycles. The van der Waals surface area contributed by atoms with Crippen molar-refractivity contribution in [2.75, 3.05) is 0 Å². The van der Waals surface area contributed by atoms with Crippen LogP contribution in [0.15, 0.2) is 42.5 Å². The second kappa shape index (κ2) is 4.80. The number of rotatable bonds is 3. The Hall–Kier alpha value is -1.54. The van der Waals surface area contributed by atoms with E-state index in [1.165, 1.54) is 0 Å². The van der Waals surface area contributed by atoms with Crippen LogP contribution in [0.4, 0.5) is 0 Å². The van der Waals surface area contributed by atoms with Crippen molar-refractivity contribution in [1.29, 1.82) is 0 Å². The average molecular weight is 219 g/mol. The summed E-state index contributed by atoms with van der Waals surface area (Å²) in [5.41, 5.74) is 1.08. The maximum atomic E-state index is 5.88. The molecular formula is C12H9ClNO. The summed E-state index contributed by atoms with van der Waals surface area (Å²) in [6, 6.07) is 13.2. The lowest BCUT2D eigenvalue weighted by Crippen LogP contribution is -1.97. The molecule has 0 saturated carbocycles. The summed E-state index contributed by atoms with van der Waals surface area (Å²) in [4.78, 5) is 3.91. The highest BCUT2D eigenvalue weighted by Gasteiger charge is 2.01. The summed E-state index contributed by atoms with van der Waals surface area (Å²) in [5.74, 6) is 0.419. The predicted molar refractivity (Wildman–Crippen MR) is 58.9 cm³/mol. The zero-order valence-electron chi connectivity index (χ0n) is 7.98. The van der Waals surface area contributed by atoms with E-state index in [-0.39, 0.29) is 0 Å². The number of aromatic nitrogens is 1. The number of nitrogens with zero attached hydrogens (tertiary/aromatic N) is 1. The third kappa shape index (κ3) is 2.70. The molecule has 0 N–H and O–H groups in total. The van der Waals surface area contributed by atoms with E-state index in [4.69, 9.17) is 16.3 Å².